The molecule has 6 nitrogen and oxygen atoms in total. The van der Waals surface area contributed by atoms with E-state index in [2.05, 4.69) is 84.3 Å². The van der Waals surface area contributed by atoms with E-state index >= 15 is 0 Å². The molecule has 0 spiro atoms. The summed E-state index contributed by atoms with van der Waals surface area (Å²) < 4.78 is 0. The highest BCUT2D eigenvalue weighted by Crippen LogP contribution is 2.25. The Labute approximate surface area is 182 Å². The molecule has 6 heteroatoms. The van der Waals surface area contributed by atoms with Crippen LogP contribution in [0.4, 0.5) is 5.69 Å². The predicted octanol–water partition coefficient (Wildman–Crippen LogP) is 3.93. The van der Waals surface area contributed by atoms with Crippen molar-refractivity contribution in [2.45, 2.75) is 20.4 Å². The fraction of sp³-hybridized carbons (Fsp3) is 0.280. The zero-order valence-electron chi connectivity index (χ0n) is 17.9. The molecule has 0 radical (unpaired) electrons. The summed E-state index contributed by atoms with van der Waals surface area (Å²) in [5.41, 5.74) is 5.66. The van der Waals surface area contributed by atoms with Crippen LogP contribution in [0.3, 0.4) is 0 Å². The van der Waals surface area contributed by atoms with E-state index < -0.39 is 11.9 Å². The second-order valence-corrected chi connectivity index (χ2v) is 7.73. The molecule has 1 aliphatic heterocycles. The van der Waals surface area contributed by atoms with Crippen molar-refractivity contribution in [1.82, 2.24) is 4.90 Å². The van der Waals surface area contributed by atoms with Crippen molar-refractivity contribution in [1.29, 1.82) is 0 Å². The maximum absolute atomic E-state index is 9.10. The lowest BCUT2D eigenvalue weighted by Crippen LogP contribution is -2.46. The zero-order valence-corrected chi connectivity index (χ0v) is 17.9. The van der Waals surface area contributed by atoms with E-state index in [0.29, 0.717) is 0 Å². The lowest BCUT2D eigenvalue weighted by atomic mass is 10.0. The van der Waals surface area contributed by atoms with E-state index in [4.69, 9.17) is 19.8 Å². The Morgan fingerprint density at radius 3 is 2.10 bits per heavy atom. The number of hydrogen-bond acceptors (Lipinski definition) is 4. The van der Waals surface area contributed by atoms with Gasteiger partial charge in [-0.15, -0.1) is 0 Å². The van der Waals surface area contributed by atoms with Gasteiger partial charge in [0.15, 0.2) is 0 Å². The van der Waals surface area contributed by atoms with Crippen molar-refractivity contribution in [3.8, 4) is 0 Å². The first-order valence-corrected chi connectivity index (χ1v) is 10.3. The molecule has 3 aromatic carbocycles. The lowest BCUT2D eigenvalue weighted by Gasteiger charge is -2.37. The van der Waals surface area contributed by atoms with Gasteiger partial charge < -0.3 is 15.1 Å². The Bertz CT molecular complexity index is 1050. The number of hydrogen-bond donors (Lipinski definition) is 2. The SMILES string of the molecule is Cc1cccc(N2CCN(Cc3cccc4ccccc34)CC2)c1C.O=C(O)C(=O)O. The van der Waals surface area contributed by atoms with Crippen LogP contribution in [-0.2, 0) is 16.1 Å². The van der Waals surface area contributed by atoms with Crippen molar-refractivity contribution in [3.05, 3.63) is 77.4 Å². The summed E-state index contributed by atoms with van der Waals surface area (Å²) in [6, 6.07) is 22.0. The summed E-state index contributed by atoms with van der Waals surface area (Å²) in [5, 5.41) is 17.5. The summed E-state index contributed by atoms with van der Waals surface area (Å²) in [6.07, 6.45) is 0. The lowest BCUT2D eigenvalue weighted by molar-refractivity contribution is -0.159. The molecule has 0 atom stereocenters. The van der Waals surface area contributed by atoms with Crippen LogP contribution in [-0.4, -0.2) is 53.2 Å². The first kappa shape index (κ1) is 22.3. The van der Waals surface area contributed by atoms with E-state index in [1.54, 1.807) is 0 Å². The smallest absolute Gasteiger partial charge is 0.414 e. The number of benzene rings is 3. The largest absolute Gasteiger partial charge is 0.473 e. The molecule has 1 fully saturated rings. The number of piperazine rings is 1. The normalized spacial score (nSPS) is 14.1. The molecular weight excluding hydrogens is 392 g/mol. The van der Waals surface area contributed by atoms with Crippen LogP contribution in [0, 0.1) is 13.8 Å². The number of carboxylic acid groups (broad SMARTS) is 2. The Morgan fingerprint density at radius 1 is 0.806 bits per heavy atom. The summed E-state index contributed by atoms with van der Waals surface area (Å²) >= 11 is 0. The van der Waals surface area contributed by atoms with Gasteiger partial charge in [-0.2, -0.15) is 0 Å². The fourth-order valence-electron chi connectivity index (χ4n) is 3.90. The second kappa shape index (κ2) is 10.1. The van der Waals surface area contributed by atoms with E-state index in [1.807, 2.05) is 0 Å². The van der Waals surface area contributed by atoms with E-state index in [0.717, 1.165) is 32.7 Å². The maximum Gasteiger partial charge on any atom is 0.414 e. The van der Waals surface area contributed by atoms with Crippen molar-refractivity contribution in [2.24, 2.45) is 0 Å². The minimum Gasteiger partial charge on any atom is -0.473 e. The van der Waals surface area contributed by atoms with Crippen molar-refractivity contribution in [3.63, 3.8) is 0 Å². The molecular formula is C25H28N2O4. The van der Waals surface area contributed by atoms with Gasteiger partial charge in [-0.25, -0.2) is 9.59 Å². The molecule has 1 saturated heterocycles. The maximum atomic E-state index is 9.10. The van der Waals surface area contributed by atoms with Crippen LogP contribution in [0.5, 0.6) is 0 Å². The zero-order chi connectivity index (χ0) is 22.4. The standard InChI is InChI=1S/C23H26N2.C2H2O4/c1-18-7-5-12-23(19(18)2)25-15-13-24(14-16-25)17-21-10-6-9-20-8-3-4-11-22(20)21;3-1(4)2(5)6/h3-12H,13-17H2,1-2H3;(H,3,4)(H,5,6). The van der Waals surface area contributed by atoms with Crippen molar-refractivity contribution < 1.29 is 19.8 Å². The number of nitrogens with zero attached hydrogens (tertiary/aromatic N) is 2. The molecule has 2 N–H and O–H groups in total. The molecule has 1 heterocycles. The summed E-state index contributed by atoms with van der Waals surface area (Å²) in [6.45, 7) is 9.95. The van der Waals surface area contributed by atoms with Crippen LogP contribution in [0.15, 0.2) is 60.7 Å². The Hall–Kier alpha value is -3.38. The first-order valence-electron chi connectivity index (χ1n) is 10.3. The van der Waals surface area contributed by atoms with Gasteiger partial charge in [-0.1, -0.05) is 54.6 Å². The predicted molar refractivity (Wildman–Crippen MR) is 123 cm³/mol. The van der Waals surface area contributed by atoms with Gasteiger partial charge in [0.25, 0.3) is 0 Å². The minimum absolute atomic E-state index is 1.04. The Morgan fingerprint density at radius 2 is 1.42 bits per heavy atom. The number of aryl methyl sites for hydroxylation is 1. The van der Waals surface area contributed by atoms with Gasteiger partial charge in [-0.05, 0) is 47.4 Å². The Balaban J connectivity index is 0.000000401. The monoisotopic (exact) mass is 420 g/mol. The number of anilines is 1. The molecule has 0 bridgehead atoms. The van der Waals surface area contributed by atoms with E-state index in [-0.39, 0.29) is 0 Å². The van der Waals surface area contributed by atoms with E-state index in [9.17, 15) is 0 Å². The van der Waals surface area contributed by atoms with Crippen LogP contribution >= 0.6 is 0 Å². The van der Waals surface area contributed by atoms with Crippen molar-refractivity contribution >= 4 is 28.4 Å². The topological polar surface area (TPSA) is 81.1 Å². The highest BCUT2D eigenvalue weighted by molar-refractivity contribution is 6.27. The quantitative estimate of drug-likeness (QED) is 0.625. The highest BCUT2D eigenvalue weighted by atomic mass is 16.4. The highest BCUT2D eigenvalue weighted by Gasteiger charge is 2.19. The number of rotatable bonds is 3. The molecule has 0 unspecified atom stereocenters. The number of fused-ring (bicyclic) bond motifs is 1. The minimum atomic E-state index is -1.82. The van der Waals surface area contributed by atoms with Crippen LogP contribution < -0.4 is 4.90 Å². The third kappa shape index (κ3) is 5.61. The van der Waals surface area contributed by atoms with Gasteiger partial charge >= 0.3 is 11.9 Å². The molecule has 31 heavy (non-hydrogen) atoms. The number of aliphatic carboxylic acids is 2. The molecule has 0 aromatic heterocycles. The molecule has 4 rings (SSSR count). The Kier molecular flexibility index (Phi) is 7.26. The first-order chi connectivity index (χ1) is 14.9. The van der Waals surface area contributed by atoms with Crippen LogP contribution in [0.1, 0.15) is 16.7 Å². The average molecular weight is 421 g/mol. The third-order valence-electron chi connectivity index (χ3n) is 5.75. The number of carbonyl (C=O) groups is 2. The molecule has 0 saturated carbocycles. The number of carboxylic acids is 2. The van der Waals surface area contributed by atoms with Gasteiger partial charge in [0.2, 0.25) is 0 Å². The summed E-state index contributed by atoms with van der Waals surface area (Å²) in [5.74, 6) is -3.65. The third-order valence-corrected chi connectivity index (χ3v) is 5.75. The molecule has 0 aliphatic carbocycles. The average Bonchev–Trinajstić information content (AvgIpc) is 2.77. The summed E-state index contributed by atoms with van der Waals surface area (Å²) in [4.78, 5) is 23.3. The van der Waals surface area contributed by atoms with Crippen LogP contribution in [0.2, 0.25) is 0 Å². The molecule has 1 aliphatic rings. The van der Waals surface area contributed by atoms with Gasteiger partial charge in [-0.3, -0.25) is 4.90 Å². The van der Waals surface area contributed by atoms with Gasteiger partial charge in [0, 0.05) is 38.4 Å². The fourth-order valence-corrected chi connectivity index (χ4v) is 3.90. The van der Waals surface area contributed by atoms with Gasteiger partial charge in [0.1, 0.15) is 0 Å². The van der Waals surface area contributed by atoms with E-state index in [1.165, 1.54) is 33.2 Å². The van der Waals surface area contributed by atoms with Gasteiger partial charge in [0.05, 0.1) is 0 Å². The molecule has 162 valence electrons. The second-order valence-electron chi connectivity index (χ2n) is 7.73. The molecule has 3 aromatic rings. The summed E-state index contributed by atoms with van der Waals surface area (Å²) in [7, 11) is 0. The van der Waals surface area contributed by atoms with Crippen LogP contribution in [0.25, 0.3) is 10.8 Å². The van der Waals surface area contributed by atoms with Crippen molar-refractivity contribution in [2.75, 3.05) is 31.1 Å². The molecule has 0 amide bonds.